The molecule has 0 aromatic carbocycles. The van der Waals surface area contributed by atoms with Crippen LogP contribution in [0.4, 0.5) is 0 Å². The largest absolute Gasteiger partial charge is 0.330 e. The van der Waals surface area contributed by atoms with Crippen LogP contribution in [0.5, 0.6) is 0 Å². The SMILES string of the molecule is CC(C)(CN)CCCN1CCC(C(C)(C)C)CC1. The molecule has 1 saturated heterocycles. The van der Waals surface area contributed by atoms with Gasteiger partial charge in [-0.3, -0.25) is 0 Å². The van der Waals surface area contributed by atoms with Gasteiger partial charge in [0.25, 0.3) is 0 Å². The molecule has 18 heavy (non-hydrogen) atoms. The van der Waals surface area contributed by atoms with Crippen LogP contribution in [0, 0.1) is 16.7 Å². The van der Waals surface area contributed by atoms with Crippen LogP contribution in [0.25, 0.3) is 0 Å². The van der Waals surface area contributed by atoms with Crippen LogP contribution in [0.2, 0.25) is 0 Å². The van der Waals surface area contributed by atoms with Crippen LogP contribution >= 0.6 is 0 Å². The second kappa shape index (κ2) is 6.38. The normalized spacial score (nSPS) is 20.3. The van der Waals surface area contributed by atoms with E-state index in [0.717, 1.165) is 12.5 Å². The summed E-state index contributed by atoms with van der Waals surface area (Å²) in [6, 6.07) is 0. The molecular weight excluding hydrogens is 220 g/mol. The van der Waals surface area contributed by atoms with Crippen molar-refractivity contribution in [1.29, 1.82) is 0 Å². The van der Waals surface area contributed by atoms with Gasteiger partial charge in [-0.25, -0.2) is 0 Å². The molecule has 108 valence electrons. The second-order valence-corrected chi connectivity index (χ2v) is 7.95. The standard InChI is InChI=1S/C16H34N2/c1-15(2,3)14-7-11-18(12-8-14)10-6-9-16(4,5)13-17/h14H,6-13,17H2,1-5H3. The molecule has 1 heterocycles. The monoisotopic (exact) mass is 254 g/mol. The van der Waals surface area contributed by atoms with Gasteiger partial charge >= 0.3 is 0 Å². The zero-order chi connectivity index (χ0) is 13.8. The highest BCUT2D eigenvalue weighted by atomic mass is 15.1. The lowest BCUT2D eigenvalue weighted by Crippen LogP contribution is -2.38. The summed E-state index contributed by atoms with van der Waals surface area (Å²) in [5.74, 6) is 0.911. The average molecular weight is 254 g/mol. The molecule has 1 aliphatic rings. The maximum Gasteiger partial charge on any atom is -0.00159 e. The predicted octanol–water partition coefficient (Wildman–Crippen LogP) is 3.51. The van der Waals surface area contributed by atoms with Gasteiger partial charge in [-0.2, -0.15) is 0 Å². The van der Waals surface area contributed by atoms with Gasteiger partial charge in [-0.15, -0.1) is 0 Å². The van der Waals surface area contributed by atoms with E-state index in [0.29, 0.717) is 10.8 Å². The molecule has 0 aliphatic carbocycles. The van der Waals surface area contributed by atoms with Crippen LogP contribution in [-0.4, -0.2) is 31.1 Å². The highest BCUT2D eigenvalue weighted by Gasteiger charge is 2.28. The Morgan fingerprint density at radius 1 is 1.06 bits per heavy atom. The van der Waals surface area contributed by atoms with Crippen molar-refractivity contribution in [3.05, 3.63) is 0 Å². The minimum atomic E-state index is 0.323. The molecular formula is C16H34N2. The Balaban J connectivity index is 2.20. The number of likely N-dealkylation sites (tertiary alicyclic amines) is 1. The Labute approximate surface area is 114 Å². The van der Waals surface area contributed by atoms with Crippen molar-refractivity contribution >= 4 is 0 Å². The summed E-state index contributed by atoms with van der Waals surface area (Å²) >= 11 is 0. The number of hydrogen-bond donors (Lipinski definition) is 1. The molecule has 1 rings (SSSR count). The number of rotatable bonds is 5. The van der Waals surface area contributed by atoms with Gasteiger partial charge in [0.15, 0.2) is 0 Å². The fourth-order valence-electron chi connectivity index (χ4n) is 2.91. The van der Waals surface area contributed by atoms with Crippen molar-refractivity contribution in [3.63, 3.8) is 0 Å². The van der Waals surface area contributed by atoms with Crippen molar-refractivity contribution in [1.82, 2.24) is 4.90 Å². The summed E-state index contributed by atoms with van der Waals surface area (Å²) in [5.41, 5.74) is 6.59. The lowest BCUT2D eigenvalue weighted by Gasteiger charge is -2.39. The lowest BCUT2D eigenvalue weighted by molar-refractivity contribution is 0.109. The van der Waals surface area contributed by atoms with E-state index >= 15 is 0 Å². The van der Waals surface area contributed by atoms with Crippen LogP contribution in [-0.2, 0) is 0 Å². The molecule has 0 aromatic heterocycles. The Kier molecular flexibility index (Phi) is 5.67. The first kappa shape index (κ1) is 16.0. The highest BCUT2D eigenvalue weighted by Crippen LogP contribution is 2.34. The quantitative estimate of drug-likeness (QED) is 0.813. The van der Waals surface area contributed by atoms with Gasteiger partial charge in [0.05, 0.1) is 0 Å². The van der Waals surface area contributed by atoms with E-state index in [1.165, 1.54) is 45.3 Å². The summed E-state index contributed by atoms with van der Waals surface area (Å²) < 4.78 is 0. The Bertz CT molecular complexity index is 232. The summed E-state index contributed by atoms with van der Waals surface area (Å²) in [6.07, 6.45) is 5.31. The summed E-state index contributed by atoms with van der Waals surface area (Å²) in [7, 11) is 0. The summed E-state index contributed by atoms with van der Waals surface area (Å²) in [6.45, 7) is 16.4. The predicted molar refractivity (Wildman–Crippen MR) is 80.7 cm³/mol. The first-order valence-electron chi connectivity index (χ1n) is 7.67. The van der Waals surface area contributed by atoms with E-state index in [2.05, 4.69) is 39.5 Å². The number of hydrogen-bond acceptors (Lipinski definition) is 2. The van der Waals surface area contributed by atoms with Gasteiger partial charge < -0.3 is 10.6 Å². The molecule has 0 saturated carbocycles. The topological polar surface area (TPSA) is 29.3 Å². The van der Waals surface area contributed by atoms with E-state index in [-0.39, 0.29) is 0 Å². The number of piperidine rings is 1. The van der Waals surface area contributed by atoms with Crippen molar-refractivity contribution < 1.29 is 0 Å². The molecule has 2 N–H and O–H groups in total. The molecule has 2 nitrogen and oxygen atoms in total. The molecule has 0 bridgehead atoms. The van der Waals surface area contributed by atoms with Gasteiger partial charge in [-0.1, -0.05) is 34.6 Å². The molecule has 0 radical (unpaired) electrons. The third-order valence-corrected chi connectivity index (χ3v) is 4.69. The number of nitrogens with zero attached hydrogens (tertiary/aromatic N) is 1. The molecule has 0 atom stereocenters. The van der Waals surface area contributed by atoms with E-state index in [4.69, 9.17) is 5.73 Å². The molecule has 1 fully saturated rings. The minimum absolute atomic E-state index is 0.323. The highest BCUT2D eigenvalue weighted by molar-refractivity contribution is 4.81. The van der Waals surface area contributed by atoms with E-state index in [1.54, 1.807) is 0 Å². The van der Waals surface area contributed by atoms with Crippen molar-refractivity contribution in [3.8, 4) is 0 Å². The molecule has 1 aliphatic heterocycles. The van der Waals surface area contributed by atoms with Crippen LogP contribution in [0.1, 0.15) is 60.3 Å². The Morgan fingerprint density at radius 3 is 2.06 bits per heavy atom. The third kappa shape index (κ3) is 5.27. The second-order valence-electron chi connectivity index (χ2n) is 7.95. The van der Waals surface area contributed by atoms with Crippen LogP contribution < -0.4 is 5.73 Å². The zero-order valence-corrected chi connectivity index (χ0v) is 13.3. The molecule has 0 unspecified atom stereocenters. The first-order valence-corrected chi connectivity index (χ1v) is 7.67. The van der Waals surface area contributed by atoms with Gasteiger partial charge in [0.1, 0.15) is 0 Å². The fraction of sp³-hybridized carbons (Fsp3) is 1.00. The van der Waals surface area contributed by atoms with E-state index < -0.39 is 0 Å². The first-order chi connectivity index (χ1) is 8.24. The smallest absolute Gasteiger partial charge is 0.00159 e. The number of nitrogens with two attached hydrogens (primary N) is 1. The van der Waals surface area contributed by atoms with Gasteiger partial charge in [0.2, 0.25) is 0 Å². The van der Waals surface area contributed by atoms with Gasteiger partial charge in [-0.05, 0) is 68.6 Å². The van der Waals surface area contributed by atoms with Crippen molar-refractivity contribution in [2.24, 2.45) is 22.5 Å². The third-order valence-electron chi connectivity index (χ3n) is 4.69. The minimum Gasteiger partial charge on any atom is -0.330 e. The van der Waals surface area contributed by atoms with Crippen LogP contribution in [0.3, 0.4) is 0 Å². The molecule has 0 aromatic rings. The molecule has 2 heteroatoms. The van der Waals surface area contributed by atoms with Gasteiger partial charge in [0, 0.05) is 0 Å². The molecule has 0 spiro atoms. The van der Waals surface area contributed by atoms with Crippen LogP contribution in [0.15, 0.2) is 0 Å². The maximum atomic E-state index is 5.78. The van der Waals surface area contributed by atoms with E-state index in [9.17, 15) is 0 Å². The summed E-state index contributed by atoms with van der Waals surface area (Å²) in [4.78, 5) is 2.65. The maximum absolute atomic E-state index is 5.78. The summed E-state index contributed by atoms with van der Waals surface area (Å²) in [5, 5.41) is 0. The Hall–Kier alpha value is -0.0800. The van der Waals surface area contributed by atoms with Crippen molar-refractivity contribution in [2.75, 3.05) is 26.2 Å². The molecule has 0 amide bonds. The van der Waals surface area contributed by atoms with E-state index in [1.807, 2.05) is 0 Å². The fourth-order valence-corrected chi connectivity index (χ4v) is 2.91. The van der Waals surface area contributed by atoms with Crippen molar-refractivity contribution in [2.45, 2.75) is 60.3 Å². The lowest BCUT2D eigenvalue weighted by atomic mass is 9.75. The average Bonchev–Trinajstić information content (AvgIpc) is 2.28. The zero-order valence-electron chi connectivity index (χ0n) is 13.3. The Morgan fingerprint density at radius 2 is 1.61 bits per heavy atom.